The van der Waals surface area contributed by atoms with Crippen LogP contribution >= 0.6 is 15.9 Å². The maximum atomic E-state index is 3.85. The minimum absolute atomic E-state index is 0.741. The molecule has 2 heteroatoms. The maximum absolute atomic E-state index is 3.85. The number of alkyl halides is 1. The fourth-order valence-corrected chi connectivity index (χ4v) is 4.64. The van der Waals surface area contributed by atoms with Crippen LogP contribution in [0.2, 0.25) is 0 Å². The Morgan fingerprint density at radius 3 is 2.60 bits per heavy atom. The molecule has 3 fully saturated rings. The van der Waals surface area contributed by atoms with Gasteiger partial charge in [-0.15, -0.1) is 0 Å². The van der Waals surface area contributed by atoms with Gasteiger partial charge in [0, 0.05) is 17.4 Å². The average molecular weight is 272 g/mol. The molecule has 0 radical (unpaired) electrons. The van der Waals surface area contributed by atoms with Crippen molar-refractivity contribution < 1.29 is 0 Å². The van der Waals surface area contributed by atoms with Crippen LogP contribution in [0, 0.1) is 17.8 Å². The molecule has 2 aliphatic carbocycles. The Labute approximate surface area is 102 Å². The predicted octanol–water partition coefficient (Wildman–Crippen LogP) is 3.28. The number of fused-ring (bicyclic) bond motifs is 2. The van der Waals surface area contributed by atoms with Crippen LogP contribution in [0.15, 0.2) is 0 Å². The maximum Gasteiger partial charge on any atom is 0.0299 e. The molecule has 1 saturated heterocycles. The smallest absolute Gasteiger partial charge is 0.0299 e. The summed E-state index contributed by atoms with van der Waals surface area (Å²) >= 11 is 3.85. The van der Waals surface area contributed by atoms with Gasteiger partial charge in [-0.05, 0) is 50.0 Å². The van der Waals surface area contributed by atoms with Crippen molar-refractivity contribution in [1.82, 2.24) is 4.90 Å². The number of piperidine rings is 1. The van der Waals surface area contributed by atoms with Gasteiger partial charge in [0.25, 0.3) is 0 Å². The van der Waals surface area contributed by atoms with Gasteiger partial charge >= 0.3 is 0 Å². The Morgan fingerprint density at radius 2 is 2.00 bits per heavy atom. The summed E-state index contributed by atoms with van der Waals surface area (Å²) in [6, 6.07) is 0.955. The molecule has 0 spiro atoms. The van der Waals surface area contributed by atoms with E-state index >= 15 is 0 Å². The third kappa shape index (κ3) is 1.88. The zero-order valence-corrected chi connectivity index (χ0v) is 11.2. The highest BCUT2D eigenvalue weighted by Crippen LogP contribution is 2.47. The van der Waals surface area contributed by atoms with Crippen LogP contribution in [-0.4, -0.2) is 28.9 Å². The first-order valence-corrected chi connectivity index (χ1v) is 7.53. The van der Waals surface area contributed by atoms with Gasteiger partial charge in [-0.2, -0.15) is 0 Å². The normalized spacial score (nSPS) is 51.2. The van der Waals surface area contributed by atoms with Crippen molar-refractivity contribution in [2.24, 2.45) is 17.8 Å². The topological polar surface area (TPSA) is 3.24 Å². The lowest BCUT2D eigenvalue weighted by atomic mass is 9.90. The molecule has 5 atom stereocenters. The van der Waals surface area contributed by atoms with E-state index in [1.165, 1.54) is 38.8 Å². The van der Waals surface area contributed by atoms with E-state index in [1.807, 2.05) is 0 Å². The van der Waals surface area contributed by atoms with Crippen LogP contribution < -0.4 is 0 Å². The van der Waals surface area contributed by atoms with Gasteiger partial charge in [-0.25, -0.2) is 0 Å². The minimum Gasteiger partial charge on any atom is -0.299 e. The molecule has 1 nitrogen and oxygen atoms in total. The highest BCUT2D eigenvalue weighted by atomic mass is 79.9. The number of rotatable bonds is 1. The van der Waals surface area contributed by atoms with Crippen LogP contribution in [0.3, 0.4) is 0 Å². The number of nitrogens with zero attached hydrogens (tertiary/aromatic N) is 1. The Morgan fingerprint density at radius 1 is 1.13 bits per heavy atom. The molecule has 0 N–H and O–H groups in total. The summed E-state index contributed by atoms with van der Waals surface area (Å²) in [5.74, 6) is 3.02. The van der Waals surface area contributed by atoms with Gasteiger partial charge < -0.3 is 0 Å². The lowest BCUT2D eigenvalue weighted by Gasteiger charge is -2.41. The van der Waals surface area contributed by atoms with Gasteiger partial charge in [0.05, 0.1) is 0 Å². The van der Waals surface area contributed by atoms with Crippen LogP contribution in [0.1, 0.15) is 39.0 Å². The SMILES string of the molecule is CC1CCN(C2CC3CCC2C3)CC1Br. The molecular formula is C13H22BrN. The van der Waals surface area contributed by atoms with Gasteiger partial charge in [0.1, 0.15) is 0 Å². The monoisotopic (exact) mass is 271 g/mol. The van der Waals surface area contributed by atoms with E-state index in [-0.39, 0.29) is 0 Å². The quantitative estimate of drug-likeness (QED) is 0.662. The van der Waals surface area contributed by atoms with Crippen LogP contribution in [0.5, 0.6) is 0 Å². The van der Waals surface area contributed by atoms with Gasteiger partial charge in [0.2, 0.25) is 0 Å². The zero-order valence-electron chi connectivity index (χ0n) is 9.66. The van der Waals surface area contributed by atoms with Gasteiger partial charge in [-0.1, -0.05) is 29.3 Å². The summed E-state index contributed by atoms with van der Waals surface area (Å²) in [5.41, 5.74) is 0. The summed E-state index contributed by atoms with van der Waals surface area (Å²) in [5, 5.41) is 0. The van der Waals surface area contributed by atoms with E-state index in [2.05, 4.69) is 27.8 Å². The molecule has 3 aliphatic rings. The lowest BCUT2D eigenvalue weighted by molar-refractivity contribution is 0.106. The van der Waals surface area contributed by atoms with Crippen LogP contribution in [0.25, 0.3) is 0 Å². The number of hydrogen-bond donors (Lipinski definition) is 0. The average Bonchev–Trinajstić information content (AvgIpc) is 2.83. The number of halogens is 1. The van der Waals surface area contributed by atoms with E-state index in [4.69, 9.17) is 0 Å². The summed E-state index contributed by atoms with van der Waals surface area (Å²) in [6.07, 6.45) is 7.50. The second-order valence-electron chi connectivity index (χ2n) is 6.02. The summed E-state index contributed by atoms with van der Waals surface area (Å²) in [7, 11) is 0. The number of hydrogen-bond acceptors (Lipinski definition) is 1. The molecule has 15 heavy (non-hydrogen) atoms. The summed E-state index contributed by atoms with van der Waals surface area (Å²) in [4.78, 5) is 3.54. The third-order valence-electron chi connectivity index (χ3n) is 5.07. The summed E-state index contributed by atoms with van der Waals surface area (Å²) in [6.45, 7) is 5.05. The molecule has 0 aromatic carbocycles. The van der Waals surface area contributed by atoms with Gasteiger partial charge in [-0.3, -0.25) is 4.90 Å². The summed E-state index contributed by atoms with van der Waals surface area (Å²) < 4.78 is 0. The standard InChI is InChI=1S/C13H22BrN/c1-9-4-5-15(8-12(9)14)13-7-10-2-3-11(13)6-10/h9-13H,2-8H2,1H3. The molecule has 2 saturated carbocycles. The van der Waals surface area contributed by atoms with E-state index in [9.17, 15) is 0 Å². The first-order chi connectivity index (χ1) is 7.24. The molecule has 1 heterocycles. The first kappa shape index (κ1) is 10.6. The molecule has 0 aromatic heterocycles. The van der Waals surface area contributed by atoms with E-state index in [1.54, 1.807) is 6.42 Å². The molecule has 3 rings (SSSR count). The van der Waals surface area contributed by atoms with Crippen molar-refractivity contribution in [2.75, 3.05) is 13.1 Å². The Balaban J connectivity index is 1.63. The third-order valence-corrected chi connectivity index (χ3v) is 6.26. The zero-order chi connectivity index (χ0) is 10.4. The fourth-order valence-electron chi connectivity index (χ4n) is 4.01. The van der Waals surface area contributed by atoms with Crippen molar-refractivity contribution >= 4 is 15.9 Å². The molecule has 1 aliphatic heterocycles. The molecule has 0 amide bonds. The van der Waals surface area contributed by atoms with Crippen molar-refractivity contribution in [3.8, 4) is 0 Å². The largest absolute Gasteiger partial charge is 0.299 e. The Kier molecular flexibility index (Phi) is 2.84. The van der Waals surface area contributed by atoms with E-state index in [0.29, 0.717) is 0 Å². The molecule has 2 bridgehead atoms. The Hall–Kier alpha value is 0.440. The molecule has 0 aromatic rings. The second kappa shape index (κ2) is 4.03. The van der Waals surface area contributed by atoms with E-state index < -0.39 is 0 Å². The van der Waals surface area contributed by atoms with Crippen LogP contribution in [-0.2, 0) is 0 Å². The van der Waals surface area contributed by atoms with E-state index in [0.717, 1.165) is 28.6 Å². The molecular weight excluding hydrogens is 250 g/mol. The fraction of sp³-hybridized carbons (Fsp3) is 1.00. The van der Waals surface area contributed by atoms with Crippen molar-refractivity contribution in [3.63, 3.8) is 0 Å². The van der Waals surface area contributed by atoms with Crippen molar-refractivity contribution in [2.45, 2.75) is 49.9 Å². The van der Waals surface area contributed by atoms with Crippen molar-refractivity contribution in [3.05, 3.63) is 0 Å². The lowest BCUT2D eigenvalue weighted by Crippen LogP contribution is -2.47. The molecule has 5 unspecified atom stereocenters. The second-order valence-corrected chi connectivity index (χ2v) is 7.20. The van der Waals surface area contributed by atoms with Crippen molar-refractivity contribution in [1.29, 1.82) is 0 Å². The first-order valence-electron chi connectivity index (χ1n) is 6.62. The highest BCUT2D eigenvalue weighted by molar-refractivity contribution is 9.09. The molecule has 86 valence electrons. The predicted molar refractivity (Wildman–Crippen MR) is 67.3 cm³/mol. The minimum atomic E-state index is 0.741. The Bertz CT molecular complexity index is 243. The number of likely N-dealkylation sites (tertiary alicyclic amines) is 1. The van der Waals surface area contributed by atoms with Gasteiger partial charge in [0.15, 0.2) is 0 Å². The van der Waals surface area contributed by atoms with Crippen LogP contribution in [0.4, 0.5) is 0 Å². The highest BCUT2D eigenvalue weighted by Gasteiger charge is 2.43.